The molecule has 2 rings (SSSR count). The Labute approximate surface area is 165 Å². The monoisotopic (exact) mass is 392 g/mol. The molecule has 2 aliphatic heterocycles. The minimum absolute atomic E-state index is 0.00888. The fourth-order valence-electron chi connectivity index (χ4n) is 4.21. The molecule has 0 aromatic carbocycles. The Hall–Kier alpha value is 0.420. The van der Waals surface area contributed by atoms with Crippen LogP contribution in [0.2, 0.25) is 0 Å². The summed E-state index contributed by atoms with van der Waals surface area (Å²) in [6.45, 7) is 13.3. The maximum atomic E-state index is 7.05. The first-order valence-electron chi connectivity index (χ1n) is 10.1. The van der Waals surface area contributed by atoms with Crippen LogP contribution < -0.4 is 0 Å². The molecular formula is C19H38Cl2N4. The second-order valence-electron chi connectivity index (χ2n) is 8.24. The molecule has 6 heteroatoms. The third kappa shape index (κ3) is 6.51. The lowest BCUT2D eigenvalue weighted by atomic mass is 9.99. The van der Waals surface area contributed by atoms with Crippen LogP contribution in [0.1, 0.15) is 33.1 Å². The molecule has 2 saturated heterocycles. The highest BCUT2D eigenvalue weighted by atomic mass is 35.5. The second-order valence-corrected chi connectivity index (χ2v) is 9.13. The van der Waals surface area contributed by atoms with Crippen molar-refractivity contribution in [3.8, 4) is 0 Å². The van der Waals surface area contributed by atoms with Crippen LogP contribution in [0.15, 0.2) is 0 Å². The van der Waals surface area contributed by atoms with Gasteiger partial charge in [0.25, 0.3) is 0 Å². The molecular weight excluding hydrogens is 355 g/mol. The Morgan fingerprint density at radius 2 is 1.56 bits per heavy atom. The molecule has 0 aromatic rings. The summed E-state index contributed by atoms with van der Waals surface area (Å²) < 4.78 is 0. The van der Waals surface area contributed by atoms with Gasteiger partial charge >= 0.3 is 0 Å². The van der Waals surface area contributed by atoms with Crippen LogP contribution in [0.3, 0.4) is 0 Å². The molecule has 0 aliphatic carbocycles. The van der Waals surface area contributed by atoms with Crippen molar-refractivity contribution in [1.82, 2.24) is 19.6 Å². The zero-order valence-electron chi connectivity index (χ0n) is 16.6. The van der Waals surface area contributed by atoms with Gasteiger partial charge in [-0.15, -0.1) is 23.2 Å². The fourth-order valence-corrected chi connectivity index (χ4v) is 5.10. The number of hydrogen-bond donors (Lipinski definition) is 0. The maximum Gasteiger partial charge on any atom is 0.0906 e. The minimum atomic E-state index is 0.00888. The van der Waals surface area contributed by atoms with Crippen molar-refractivity contribution in [2.45, 2.75) is 44.1 Å². The number of likely N-dealkylation sites (N-methyl/N-ethyl adjacent to an activating group) is 2. The number of halogens is 2. The fraction of sp³-hybridized carbons (Fsp3) is 1.00. The molecule has 0 N–H and O–H groups in total. The van der Waals surface area contributed by atoms with E-state index in [9.17, 15) is 0 Å². The number of unbranched alkanes of at least 4 members (excludes halogenated alkanes) is 1. The SMILES string of the molecule is CCCCC1C(Cl)N(C)CCN2CCN(CCN(C)CC(C)C2)C1Cl. The van der Waals surface area contributed by atoms with Gasteiger partial charge < -0.3 is 9.80 Å². The van der Waals surface area contributed by atoms with Crippen LogP contribution in [0.25, 0.3) is 0 Å². The summed E-state index contributed by atoms with van der Waals surface area (Å²) >= 11 is 14.0. The normalized spacial score (nSPS) is 40.1. The van der Waals surface area contributed by atoms with E-state index in [1.54, 1.807) is 0 Å². The molecule has 2 fully saturated rings. The highest BCUT2D eigenvalue weighted by Crippen LogP contribution is 2.30. The van der Waals surface area contributed by atoms with Crippen molar-refractivity contribution in [2.75, 3.05) is 66.5 Å². The highest BCUT2D eigenvalue weighted by molar-refractivity contribution is 6.23. The van der Waals surface area contributed by atoms with Crippen molar-refractivity contribution in [3.05, 3.63) is 0 Å². The molecule has 0 spiro atoms. The summed E-state index contributed by atoms with van der Waals surface area (Å²) in [7, 11) is 4.40. The van der Waals surface area contributed by atoms with Crippen LogP contribution in [-0.4, -0.2) is 97.1 Å². The molecule has 2 bridgehead atoms. The predicted octanol–water partition coefficient (Wildman–Crippen LogP) is 3.05. The van der Waals surface area contributed by atoms with Crippen LogP contribution in [0.5, 0.6) is 0 Å². The number of nitrogens with zero attached hydrogens (tertiary/aromatic N) is 4. The van der Waals surface area contributed by atoms with Crippen LogP contribution in [-0.2, 0) is 0 Å². The zero-order valence-corrected chi connectivity index (χ0v) is 18.1. The third-order valence-corrected chi connectivity index (χ3v) is 7.06. The molecule has 0 amide bonds. The van der Waals surface area contributed by atoms with Crippen molar-refractivity contribution >= 4 is 23.2 Å². The summed E-state index contributed by atoms with van der Waals surface area (Å²) in [6.07, 6.45) is 3.50. The summed E-state index contributed by atoms with van der Waals surface area (Å²) in [5, 5.41) is 0. The average Bonchev–Trinajstić information content (AvgIpc) is 2.57. The summed E-state index contributed by atoms with van der Waals surface area (Å²) in [6, 6.07) is 0. The van der Waals surface area contributed by atoms with Gasteiger partial charge in [-0.25, -0.2) is 0 Å². The van der Waals surface area contributed by atoms with Crippen molar-refractivity contribution < 1.29 is 0 Å². The van der Waals surface area contributed by atoms with Crippen molar-refractivity contribution in [3.63, 3.8) is 0 Å². The smallest absolute Gasteiger partial charge is 0.0906 e. The molecule has 6 unspecified atom stereocenters. The third-order valence-electron chi connectivity index (χ3n) is 5.80. The Morgan fingerprint density at radius 1 is 0.880 bits per heavy atom. The first-order valence-corrected chi connectivity index (χ1v) is 10.9. The van der Waals surface area contributed by atoms with E-state index in [0.29, 0.717) is 11.8 Å². The van der Waals surface area contributed by atoms with E-state index < -0.39 is 0 Å². The lowest BCUT2D eigenvalue weighted by molar-refractivity contribution is 0.0744. The molecule has 0 aromatic heterocycles. The predicted molar refractivity (Wildman–Crippen MR) is 110 cm³/mol. The van der Waals surface area contributed by atoms with Gasteiger partial charge in [0, 0.05) is 58.3 Å². The average molecular weight is 393 g/mol. The Balaban J connectivity index is 2.20. The molecule has 25 heavy (non-hydrogen) atoms. The van der Waals surface area contributed by atoms with E-state index in [-0.39, 0.29) is 11.0 Å². The number of hydrogen-bond acceptors (Lipinski definition) is 4. The maximum absolute atomic E-state index is 7.05. The lowest BCUT2D eigenvalue weighted by Gasteiger charge is -2.42. The van der Waals surface area contributed by atoms with Gasteiger partial charge in [-0.2, -0.15) is 0 Å². The quantitative estimate of drug-likeness (QED) is 0.540. The minimum Gasteiger partial charge on any atom is -0.305 e. The number of alkyl halides is 2. The van der Waals surface area contributed by atoms with E-state index in [4.69, 9.17) is 23.2 Å². The van der Waals surface area contributed by atoms with Crippen LogP contribution in [0, 0.1) is 11.8 Å². The Bertz CT molecular complexity index is 384. The van der Waals surface area contributed by atoms with E-state index in [1.807, 2.05) is 0 Å². The van der Waals surface area contributed by atoms with E-state index >= 15 is 0 Å². The summed E-state index contributed by atoms with van der Waals surface area (Å²) in [5.74, 6) is 1.01. The molecule has 2 aliphatic rings. The van der Waals surface area contributed by atoms with Gasteiger partial charge in [-0.1, -0.05) is 26.7 Å². The molecule has 0 radical (unpaired) electrons. The van der Waals surface area contributed by atoms with Gasteiger partial charge in [0.2, 0.25) is 0 Å². The van der Waals surface area contributed by atoms with Crippen LogP contribution in [0.4, 0.5) is 0 Å². The molecule has 4 nitrogen and oxygen atoms in total. The van der Waals surface area contributed by atoms with Crippen LogP contribution >= 0.6 is 23.2 Å². The van der Waals surface area contributed by atoms with Gasteiger partial charge in [0.15, 0.2) is 0 Å². The van der Waals surface area contributed by atoms with Gasteiger partial charge in [-0.3, -0.25) is 9.80 Å². The molecule has 2 heterocycles. The number of rotatable bonds is 3. The number of fused-ring (bicyclic) bond motifs is 3. The van der Waals surface area contributed by atoms with E-state index in [2.05, 4.69) is 47.5 Å². The molecule has 6 atom stereocenters. The van der Waals surface area contributed by atoms with Gasteiger partial charge in [0.05, 0.1) is 11.0 Å². The Kier molecular flexibility index (Phi) is 9.27. The van der Waals surface area contributed by atoms with Crippen molar-refractivity contribution in [2.24, 2.45) is 11.8 Å². The molecule has 148 valence electrons. The first kappa shape index (κ1) is 21.7. The summed E-state index contributed by atoms with van der Waals surface area (Å²) in [5.41, 5.74) is 0.0243. The van der Waals surface area contributed by atoms with E-state index in [0.717, 1.165) is 58.8 Å². The summed E-state index contributed by atoms with van der Waals surface area (Å²) in [4.78, 5) is 9.86. The van der Waals surface area contributed by atoms with Gasteiger partial charge in [0.1, 0.15) is 0 Å². The topological polar surface area (TPSA) is 13.0 Å². The van der Waals surface area contributed by atoms with E-state index in [1.165, 1.54) is 12.8 Å². The standard InChI is InChI=1S/C19H38Cl2N4/c1-5-6-7-17-18(20)23(4)9-10-24-11-13-25(19(17)21)12-8-22(3)14-16(2)15-24/h16-19H,5-15H2,1-4H3. The Morgan fingerprint density at radius 3 is 2.28 bits per heavy atom. The second kappa shape index (κ2) is 10.7. The largest absolute Gasteiger partial charge is 0.305 e. The molecule has 0 saturated carbocycles. The van der Waals surface area contributed by atoms with Crippen molar-refractivity contribution in [1.29, 1.82) is 0 Å². The first-order chi connectivity index (χ1) is 11.9. The zero-order chi connectivity index (χ0) is 18.4. The lowest BCUT2D eigenvalue weighted by Crippen LogP contribution is -2.53. The van der Waals surface area contributed by atoms with Gasteiger partial charge in [-0.05, 0) is 26.4 Å². The highest BCUT2D eigenvalue weighted by Gasteiger charge is 2.34.